The summed E-state index contributed by atoms with van der Waals surface area (Å²) in [6.45, 7) is 0. The van der Waals surface area contributed by atoms with Crippen LogP contribution in [0.3, 0.4) is 0 Å². The molecule has 0 unspecified atom stereocenters. The number of fused-ring (bicyclic) bond motifs is 4. The first kappa shape index (κ1) is 38.2. The van der Waals surface area contributed by atoms with Crippen molar-refractivity contribution in [3.63, 3.8) is 0 Å². The van der Waals surface area contributed by atoms with Crippen molar-refractivity contribution in [3.8, 4) is 0 Å². The monoisotopic (exact) mass is 792 g/mol. The van der Waals surface area contributed by atoms with Crippen LogP contribution >= 0.6 is 24.4 Å². The maximum atomic E-state index is 13.5. The van der Waals surface area contributed by atoms with Crippen LogP contribution in [0.1, 0.15) is 57.3 Å². The summed E-state index contributed by atoms with van der Waals surface area (Å²) in [5.41, 5.74) is -3.83. The largest absolute Gasteiger partial charge is 0.416 e. The fraction of sp³-hybridized carbons (Fsp3) is 0.257. The van der Waals surface area contributed by atoms with E-state index in [0.29, 0.717) is 61.3 Å². The van der Waals surface area contributed by atoms with Crippen LogP contribution in [0, 0.1) is 0 Å². The Bertz CT molecular complexity index is 1890. The van der Waals surface area contributed by atoms with Crippen LogP contribution in [0.5, 0.6) is 0 Å². The van der Waals surface area contributed by atoms with E-state index in [1.807, 2.05) is 12.1 Å². The van der Waals surface area contributed by atoms with Gasteiger partial charge in [-0.1, -0.05) is 24.3 Å². The van der Waals surface area contributed by atoms with Crippen molar-refractivity contribution in [3.05, 3.63) is 117 Å². The topological polar surface area (TPSA) is 48.1 Å². The second-order valence-corrected chi connectivity index (χ2v) is 13.3. The Morgan fingerprint density at radius 3 is 1.09 bits per heavy atom. The van der Waals surface area contributed by atoms with E-state index in [-0.39, 0.29) is 22.4 Å². The van der Waals surface area contributed by atoms with Crippen LogP contribution in [0.2, 0.25) is 0 Å². The molecule has 0 aliphatic heterocycles. The summed E-state index contributed by atoms with van der Waals surface area (Å²) in [5.74, 6) is 0. The molecule has 0 radical (unpaired) electrons. The zero-order valence-corrected chi connectivity index (χ0v) is 28.2. The molecule has 2 aliphatic carbocycles. The van der Waals surface area contributed by atoms with E-state index in [0.717, 1.165) is 22.3 Å². The Morgan fingerprint density at radius 2 is 0.792 bits per heavy atom. The lowest BCUT2D eigenvalue weighted by Crippen LogP contribution is -2.28. The zero-order valence-electron chi connectivity index (χ0n) is 26.6. The number of hydrogen-bond donors (Lipinski definition) is 4. The van der Waals surface area contributed by atoms with Gasteiger partial charge < -0.3 is 21.3 Å². The molecule has 4 N–H and O–H groups in total. The Hall–Kier alpha value is -4.58. The predicted octanol–water partition coefficient (Wildman–Crippen LogP) is 11.6. The normalized spacial score (nSPS) is 15.2. The first-order valence-corrected chi connectivity index (χ1v) is 16.4. The summed E-state index contributed by atoms with van der Waals surface area (Å²) < 4.78 is 161. The molecule has 0 heterocycles. The first-order chi connectivity index (χ1) is 24.5. The van der Waals surface area contributed by atoms with Crippen molar-refractivity contribution in [2.24, 2.45) is 0 Å². The maximum Gasteiger partial charge on any atom is 0.416 e. The minimum Gasteiger partial charge on any atom is -0.332 e. The molecule has 0 amide bonds. The van der Waals surface area contributed by atoms with Crippen LogP contribution < -0.4 is 21.3 Å². The van der Waals surface area contributed by atoms with Gasteiger partial charge in [-0.3, -0.25) is 0 Å². The molecule has 18 heteroatoms. The van der Waals surface area contributed by atoms with E-state index < -0.39 is 63.7 Å². The van der Waals surface area contributed by atoms with Gasteiger partial charge in [-0.15, -0.1) is 0 Å². The SMILES string of the molecule is FC(F)(F)c1cc(NC(=S)Nc2cccc3c2C2(CC3)CCc3cccc(NC(=S)Nc4cc(C(F)(F)F)cc(C(F)(F)F)c4)c32)cc(C(F)(F)F)c1. The number of hydrogen-bond acceptors (Lipinski definition) is 2. The summed E-state index contributed by atoms with van der Waals surface area (Å²) in [7, 11) is 0. The molecular weight excluding hydrogens is 769 g/mol. The minimum absolute atomic E-state index is 0.000754. The number of rotatable bonds is 4. The number of nitrogens with one attached hydrogen (secondary N) is 4. The van der Waals surface area contributed by atoms with Crippen molar-refractivity contribution in [1.82, 2.24) is 0 Å². The van der Waals surface area contributed by atoms with Gasteiger partial charge in [0.1, 0.15) is 0 Å². The average molecular weight is 793 g/mol. The van der Waals surface area contributed by atoms with Crippen LogP contribution in [0.25, 0.3) is 0 Å². The number of benzene rings is 4. The maximum absolute atomic E-state index is 13.5. The Kier molecular flexibility index (Phi) is 9.63. The molecule has 4 aromatic carbocycles. The highest BCUT2D eigenvalue weighted by Gasteiger charge is 2.48. The molecule has 4 aromatic rings. The van der Waals surface area contributed by atoms with Crippen LogP contribution in [-0.2, 0) is 43.0 Å². The molecule has 0 saturated carbocycles. The van der Waals surface area contributed by atoms with Gasteiger partial charge in [0.2, 0.25) is 0 Å². The van der Waals surface area contributed by atoms with E-state index >= 15 is 0 Å². The molecule has 0 bridgehead atoms. The molecule has 280 valence electrons. The number of halogens is 12. The van der Waals surface area contributed by atoms with Gasteiger partial charge in [0.15, 0.2) is 10.2 Å². The summed E-state index contributed by atoms with van der Waals surface area (Å²) >= 11 is 10.7. The molecule has 0 fully saturated rings. The summed E-state index contributed by atoms with van der Waals surface area (Å²) in [6.07, 6.45) is -18.1. The Morgan fingerprint density at radius 1 is 0.472 bits per heavy atom. The van der Waals surface area contributed by atoms with Gasteiger partial charge >= 0.3 is 24.7 Å². The Balaban J connectivity index is 1.30. The van der Waals surface area contributed by atoms with Crippen molar-refractivity contribution in [2.75, 3.05) is 21.3 Å². The van der Waals surface area contributed by atoms with E-state index in [1.165, 1.54) is 0 Å². The lowest BCUT2D eigenvalue weighted by Gasteiger charge is -2.31. The molecule has 6 rings (SSSR count). The quantitative estimate of drug-likeness (QED) is 0.122. The van der Waals surface area contributed by atoms with Crippen molar-refractivity contribution in [2.45, 2.75) is 55.8 Å². The molecular formula is C35H24F12N4S2. The molecule has 0 atom stereocenters. The van der Waals surface area contributed by atoms with Gasteiger partial charge in [0, 0.05) is 28.2 Å². The molecule has 2 aliphatic rings. The fourth-order valence-electron chi connectivity index (χ4n) is 7.03. The van der Waals surface area contributed by atoms with Crippen LogP contribution in [0.4, 0.5) is 75.4 Å². The van der Waals surface area contributed by atoms with Crippen molar-refractivity contribution >= 4 is 57.4 Å². The third kappa shape index (κ3) is 7.88. The van der Waals surface area contributed by atoms with Gasteiger partial charge in [0.05, 0.1) is 22.3 Å². The van der Waals surface area contributed by atoms with E-state index in [1.54, 1.807) is 24.3 Å². The fourth-order valence-corrected chi connectivity index (χ4v) is 7.48. The average Bonchev–Trinajstić information content (AvgIpc) is 3.61. The lowest BCUT2D eigenvalue weighted by atomic mass is 9.75. The summed E-state index contributed by atoms with van der Waals surface area (Å²) in [5, 5.41) is 10.2. The van der Waals surface area contributed by atoms with Crippen LogP contribution in [-0.4, -0.2) is 10.2 Å². The number of alkyl halides is 12. The highest BCUT2D eigenvalue weighted by Crippen LogP contribution is 2.56. The molecule has 53 heavy (non-hydrogen) atoms. The zero-order chi connectivity index (χ0) is 38.7. The Labute approximate surface area is 304 Å². The number of thiocarbonyl (C=S) groups is 2. The second-order valence-electron chi connectivity index (χ2n) is 12.5. The first-order valence-electron chi connectivity index (χ1n) is 15.5. The minimum atomic E-state index is -5.07. The van der Waals surface area contributed by atoms with Crippen LogP contribution in [0.15, 0.2) is 72.8 Å². The highest BCUT2D eigenvalue weighted by molar-refractivity contribution is 7.81. The number of anilines is 4. The second kappa shape index (κ2) is 13.4. The third-order valence-corrected chi connectivity index (χ3v) is 9.50. The standard InChI is InChI=1S/C35H24F12N4S2/c36-32(37,38)19-11-20(33(39,40)41)14-23(13-19)48-29(52)50-25-5-1-3-17-7-9-31(27(17)25)10-8-18-4-2-6-26(28(18)31)51-30(53)49-24-15-21(34(42,43)44)12-22(16-24)35(45,46)47/h1-6,11-16H,7-10H2,(H2,48,50,52)(H2,49,51,53). The van der Waals surface area contributed by atoms with E-state index in [4.69, 9.17) is 24.4 Å². The summed E-state index contributed by atoms with van der Waals surface area (Å²) in [4.78, 5) is 0. The van der Waals surface area contributed by atoms with E-state index in [9.17, 15) is 52.7 Å². The highest BCUT2D eigenvalue weighted by atomic mass is 32.1. The van der Waals surface area contributed by atoms with Gasteiger partial charge in [-0.2, -0.15) is 52.7 Å². The molecule has 4 nitrogen and oxygen atoms in total. The van der Waals surface area contributed by atoms with Crippen molar-refractivity contribution in [1.29, 1.82) is 0 Å². The van der Waals surface area contributed by atoms with Gasteiger partial charge in [-0.25, -0.2) is 0 Å². The molecule has 1 spiro atoms. The smallest absolute Gasteiger partial charge is 0.332 e. The predicted molar refractivity (Wildman–Crippen MR) is 183 cm³/mol. The lowest BCUT2D eigenvalue weighted by molar-refractivity contribution is -0.144. The molecule has 0 saturated heterocycles. The van der Waals surface area contributed by atoms with Gasteiger partial charge in [0.25, 0.3) is 0 Å². The number of aryl methyl sites for hydroxylation is 2. The molecule has 0 aromatic heterocycles. The van der Waals surface area contributed by atoms with Crippen molar-refractivity contribution < 1.29 is 52.7 Å². The summed E-state index contributed by atoms with van der Waals surface area (Å²) in [6, 6.07) is 12.5. The van der Waals surface area contributed by atoms with E-state index in [2.05, 4.69) is 21.3 Å². The van der Waals surface area contributed by atoms with Gasteiger partial charge in [-0.05, 0) is 121 Å². The third-order valence-electron chi connectivity index (χ3n) is 9.09.